The Morgan fingerprint density at radius 3 is 2.12 bits per heavy atom. The van der Waals surface area contributed by atoms with Gasteiger partial charge in [-0.3, -0.25) is 4.79 Å². The third-order valence-corrected chi connectivity index (χ3v) is 4.83. The zero-order valence-corrected chi connectivity index (χ0v) is 14.3. The summed E-state index contributed by atoms with van der Waals surface area (Å²) in [5.41, 5.74) is 0.121. The summed E-state index contributed by atoms with van der Waals surface area (Å²) in [7, 11) is -3.34. The number of hydrogen-bond acceptors (Lipinski definition) is 6. The van der Waals surface area contributed by atoms with Crippen LogP contribution in [-0.2, 0) is 10.0 Å². The number of hydrogen-bond donors (Lipinski definition) is 2. The summed E-state index contributed by atoms with van der Waals surface area (Å²) in [6, 6.07) is 11.1. The summed E-state index contributed by atoms with van der Waals surface area (Å²) in [5, 5.41) is 14.7. The van der Waals surface area contributed by atoms with E-state index in [1.54, 1.807) is 6.07 Å². The second-order valence-corrected chi connectivity index (χ2v) is 6.65. The summed E-state index contributed by atoms with van der Waals surface area (Å²) >= 11 is 0. The first-order chi connectivity index (χ1) is 12.3. The minimum absolute atomic E-state index is 0.148. The monoisotopic (exact) mass is 378 g/mol. The zero-order chi connectivity index (χ0) is 19.3. The second-order valence-electron chi connectivity index (χ2n) is 4.89. The van der Waals surface area contributed by atoms with Crippen LogP contribution in [0.4, 0.5) is 10.5 Å². The van der Waals surface area contributed by atoms with Crippen LogP contribution in [0.1, 0.15) is 10.4 Å². The Balaban J connectivity index is 2.37. The molecule has 10 nitrogen and oxygen atoms in total. The summed E-state index contributed by atoms with van der Waals surface area (Å²) < 4.78 is 24.7. The van der Waals surface area contributed by atoms with Gasteiger partial charge in [0.25, 0.3) is 0 Å². The van der Waals surface area contributed by atoms with Gasteiger partial charge in [0.1, 0.15) is 0 Å². The first kappa shape index (κ1) is 18.9. The number of anilines is 1. The summed E-state index contributed by atoms with van der Waals surface area (Å²) in [4.78, 5) is 34.3. The number of urea groups is 1. The molecule has 3 amide bonds. The third-order valence-electron chi connectivity index (χ3n) is 3.21. The van der Waals surface area contributed by atoms with Gasteiger partial charge in [-0.2, -0.15) is 8.42 Å². The largest absolute Gasteiger partial charge is 0.341 e. The van der Waals surface area contributed by atoms with Crippen molar-refractivity contribution < 1.29 is 23.0 Å². The van der Waals surface area contributed by atoms with E-state index in [0.29, 0.717) is 0 Å². The maximum absolute atomic E-state index is 12.5. The normalized spacial score (nSPS) is 10.7. The molecule has 0 fully saturated rings. The van der Waals surface area contributed by atoms with Crippen LogP contribution < -0.4 is 10.6 Å². The fourth-order valence-electron chi connectivity index (χ4n) is 1.97. The Labute approximate surface area is 148 Å². The van der Waals surface area contributed by atoms with Crippen molar-refractivity contribution >= 4 is 27.6 Å². The molecule has 0 spiro atoms. The Hall–Kier alpha value is -3.47. The average Bonchev–Trinajstić information content (AvgIpc) is 2.62. The van der Waals surface area contributed by atoms with E-state index in [0.717, 1.165) is 12.1 Å². The van der Waals surface area contributed by atoms with E-state index in [-0.39, 0.29) is 11.3 Å². The molecule has 0 radical (unpaired) electrons. The van der Waals surface area contributed by atoms with Crippen LogP contribution >= 0.6 is 0 Å². The Bertz CT molecular complexity index is 928. The number of nitrogens with zero attached hydrogens (tertiary/aromatic N) is 2. The molecule has 26 heavy (non-hydrogen) atoms. The summed E-state index contributed by atoms with van der Waals surface area (Å²) in [6.07, 6.45) is 0. The highest BCUT2D eigenvalue weighted by Gasteiger charge is 2.40. The van der Waals surface area contributed by atoms with Crippen LogP contribution in [0, 0.1) is 10.1 Å². The van der Waals surface area contributed by atoms with E-state index < -0.39 is 36.3 Å². The molecule has 0 aromatic heterocycles. The molecule has 0 aliphatic heterocycles. The van der Waals surface area contributed by atoms with Gasteiger partial charge >= 0.3 is 22.0 Å². The van der Waals surface area contributed by atoms with Crippen LogP contribution in [0.3, 0.4) is 0 Å². The number of hydrazine groups is 1. The number of rotatable bonds is 5. The molecule has 0 saturated carbocycles. The molecule has 0 saturated heterocycles. The Kier molecular flexibility index (Phi) is 5.52. The molecule has 2 N–H and O–H groups in total. The summed E-state index contributed by atoms with van der Waals surface area (Å²) in [5.74, 6) is -1.29. The average molecular weight is 378 g/mol. The molecule has 2 aromatic rings. The standard InChI is InChI=1S/C15H14N4O6S/c1-16-15(21)17-12-7-9-13(10-8-12)26(24,25)18(19(22)23)14(20)11-5-3-2-4-6-11/h2-10H,1H3,(H2,16,17,21). The quantitative estimate of drug-likeness (QED) is 0.596. The van der Waals surface area contributed by atoms with Gasteiger partial charge in [0, 0.05) is 18.3 Å². The number of benzene rings is 2. The maximum Gasteiger partial charge on any atom is 0.333 e. The molecule has 0 bridgehead atoms. The van der Waals surface area contributed by atoms with Gasteiger partial charge in [0.05, 0.1) is 9.31 Å². The molecule has 0 atom stereocenters. The van der Waals surface area contributed by atoms with E-state index in [9.17, 15) is 28.1 Å². The zero-order valence-electron chi connectivity index (χ0n) is 13.4. The van der Waals surface area contributed by atoms with Gasteiger partial charge in [-0.25, -0.2) is 14.9 Å². The van der Waals surface area contributed by atoms with Crippen molar-refractivity contribution in [3.63, 3.8) is 0 Å². The van der Waals surface area contributed by atoms with E-state index in [2.05, 4.69) is 10.6 Å². The fraction of sp³-hybridized carbons (Fsp3) is 0.0667. The lowest BCUT2D eigenvalue weighted by molar-refractivity contribution is -0.598. The lowest BCUT2D eigenvalue weighted by Crippen LogP contribution is -2.41. The molecule has 2 rings (SSSR count). The number of sulfonamides is 1. The predicted octanol–water partition coefficient (Wildman–Crippen LogP) is 1.46. The number of amides is 3. The molecular formula is C15H14N4O6S. The first-order valence-corrected chi connectivity index (χ1v) is 8.59. The highest BCUT2D eigenvalue weighted by molar-refractivity contribution is 7.89. The van der Waals surface area contributed by atoms with Crippen LogP contribution in [0.5, 0.6) is 0 Å². The second kappa shape index (κ2) is 7.61. The highest BCUT2D eigenvalue weighted by atomic mass is 32.2. The minimum Gasteiger partial charge on any atom is -0.341 e. The van der Waals surface area contributed by atoms with Gasteiger partial charge in [-0.15, -0.1) is 0 Å². The van der Waals surface area contributed by atoms with Crippen molar-refractivity contribution in [1.82, 2.24) is 9.73 Å². The van der Waals surface area contributed by atoms with Crippen molar-refractivity contribution in [2.45, 2.75) is 4.90 Å². The molecule has 136 valence electrons. The van der Waals surface area contributed by atoms with Crippen LogP contribution in [0.2, 0.25) is 0 Å². The number of nitro groups is 1. The van der Waals surface area contributed by atoms with Crippen molar-refractivity contribution in [2.24, 2.45) is 0 Å². The molecular weight excluding hydrogens is 364 g/mol. The van der Waals surface area contributed by atoms with Crippen molar-refractivity contribution in [3.8, 4) is 0 Å². The van der Waals surface area contributed by atoms with E-state index in [1.807, 2.05) is 0 Å². The van der Waals surface area contributed by atoms with Gasteiger partial charge in [-0.1, -0.05) is 18.2 Å². The molecule has 11 heteroatoms. The Morgan fingerprint density at radius 1 is 1.04 bits per heavy atom. The molecule has 0 unspecified atom stereocenters. The van der Waals surface area contributed by atoms with E-state index in [4.69, 9.17) is 0 Å². The molecule has 0 aliphatic carbocycles. The number of carbonyl (C=O) groups is 2. The van der Waals surface area contributed by atoms with Crippen molar-refractivity contribution in [3.05, 3.63) is 70.3 Å². The van der Waals surface area contributed by atoms with Crippen LogP contribution in [-0.4, -0.2) is 36.9 Å². The third kappa shape index (κ3) is 3.95. The minimum atomic E-state index is -4.74. The van der Waals surface area contributed by atoms with Crippen molar-refractivity contribution in [1.29, 1.82) is 0 Å². The van der Waals surface area contributed by atoms with Crippen LogP contribution in [0.15, 0.2) is 59.5 Å². The SMILES string of the molecule is CNC(=O)Nc1ccc(S(=O)(=O)N(C(=O)c2ccccc2)[N+](=O)[O-])cc1. The molecule has 0 heterocycles. The fourth-order valence-corrected chi connectivity index (χ4v) is 3.14. The molecule has 2 aromatic carbocycles. The maximum atomic E-state index is 12.5. The smallest absolute Gasteiger partial charge is 0.333 e. The Morgan fingerprint density at radius 2 is 1.62 bits per heavy atom. The molecule has 0 aliphatic rings. The van der Waals surface area contributed by atoms with E-state index >= 15 is 0 Å². The highest BCUT2D eigenvalue weighted by Crippen LogP contribution is 2.20. The number of nitrogens with one attached hydrogen (secondary N) is 2. The van der Waals surface area contributed by atoms with Gasteiger partial charge in [-0.05, 0) is 36.4 Å². The van der Waals surface area contributed by atoms with Gasteiger partial charge in [0.15, 0.2) is 5.03 Å². The van der Waals surface area contributed by atoms with Crippen LogP contribution in [0.25, 0.3) is 0 Å². The predicted molar refractivity (Wildman–Crippen MR) is 91.3 cm³/mol. The first-order valence-electron chi connectivity index (χ1n) is 7.15. The van der Waals surface area contributed by atoms with E-state index in [1.165, 1.54) is 43.4 Å². The number of carbonyl (C=O) groups excluding carboxylic acids is 2. The van der Waals surface area contributed by atoms with Gasteiger partial charge < -0.3 is 10.6 Å². The van der Waals surface area contributed by atoms with Gasteiger partial charge in [0.2, 0.25) is 0 Å². The van der Waals surface area contributed by atoms with Crippen molar-refractivity contribution in [2.75, 3.05) is 12.4 Å². The lowest BCUT2D eigenvalue weighted by atomic mass is 10.2. The summed E-state index contributed by atoms with van der Waals surface area (Å²) in [6.45, 7) is 0. The lowest BCUT2D eigenvalue weighted by Gasteiger charge is -2.13. The topological polar surface area (TPSA) is 139 Å².